The van der Waals surface area contributed by atoms with Crippen molar-refractivity contribution in [2.75, 3.05) is 4.90 Å². The van der Waals surface area contributed by atoms with Crippen molar-refractivity contribution in [2.24, 2.45) is 0 Å². The lowest BCUT2D eigenvalue weighted by Crippen LogP contribution is -2.30. The molecule has 0 bridgehead atoms. The molecule has 4 nitrogen and oxygen atoms in total. The highest BCUT2D eigenvalue weighted by molar-refractivity contribution is 7.80. The maximum atomic E-state index is 6.56. The Morgan fingerprint density at radius 1 is 0.903 bits per heavy atom. The van der Waals surface area contributed by atoms with Crippen LogP contribution in [0.3, 0.4) is 0 Å². The predicted molar refractivity (Wildman–Crippen MR) is 130 cm³/mol. The van der Waals surface area contributed by atoms with Crippen molar-refractivity contribution < 1.29 is 0 Å². The van der Waals surface area contributed by atoms with E-state index in [-0.39, 0.29) is 12.1 Å². The normalized spacial score (nSPS) is 18.3. The fourth-order valence-electron chi connectivity index (χ4n) is 4.05. The van der Waals surface area contributed by atoms with E-state index in [4.69, 9.17) is 35.4 Å². The molecule has 0 unspecified atom stereocenters. The summed E-state index contributed by atoms with van der Waals surface area (Å²) < 4.78 is 2.09. The summed E-state index contributed by atoms with van der Waals surface area (Å²) in [5, 5.41) is 5.32. The lowest BCUT2D eigenvalue weighted by Gasteiger charge is -2.29. The molecule has 0 saturated carbocycles. The Bertz CT molecular complexity index is 1230. The fraction of sp³-hybridized carbons (Fsp3) is 0.0833. The number of aromatic nitrogens is 2. The molecule has 0 radical (unpaired) electrons. The number of thiocarbonyl (C=S) groups is 1. The van der Waals surface area contributed by atoms with E-state index < -0.39 is 0 Å². The number of nitrogens with zero attached hydrogens (tertiary/aromatic N) is 3. The smallest absolute Gasteiger partial charge is 0.174 e. The molecule has 154 valence electrons. The molecule has 4 aromatic rings. The lowest BCUT2D eigenvalue weighted by molar-refractivity contribution is 0.549. The van der Waals surface area contributed by atoms with Crippen LogP contribution in [0.25, 0.3) is 5.69 Å². The number of anilines is 1. The van der Waals surface area contributed by atoms with E-state index >= 15 is 0 Å². The van der Waals surface area contributed by atoms with Crippen LogP contribution >= 0.6 is 35.4 Å². The van der Waals surface area contributed by atoms with Gasteiger partial charge in [0.2, 0.25) is 0 Å². The molecule has 0 aliphatic carbocycles. The minimum Gasteiger partial charge on any atom is -0.351 e. The largest absolute Gasteiger partial charge is 0.351 e. The Labute approximate surface area is 196 Å². The topological polar surface area (TPSA) is 33.1 Å². The third-order valence-electron chi connectivity index (χ3n) is 5.39. The van der Waals surface area contributed by atoms with E-state index in [0.717, 1.165) is 22.8 Å². The van der Waals surface area contributed by atoms with Gasteiger partial charge in [0.1, 0.15) is 6.04 Å². The van der Waals surface area contributed by atoms with Gasteiger partial charge in [-0.2, -0.15) is 0 Å². The van der Waals surface area contributed by atoms with Gasteiger partial charge in [-0.05, 0) is 66.8 Å². The van der Waals surface area contributed by atoms with Gasteiger partial charge < -0.3 is 14.8 Å². The van der Waals surface area contributed by atoms with Gasteiger partial charge >= 0.3 is 0 Å². The molecule has 3 heterocycles. The van der Waals surface area contributed by atoms with E-state index in [2.05, 4.69) is 38.0 Å². The molecule has 1 N–H and O–H groups in total. The SMILES string of the molecule is S=C1N[C@@H](c2ccccn2)[C@H](c2cccn2-c2ccc(Cl)cc2Cl)N1c1ccccc1. The van der Waals surface area contributed by atoms with Crippen LogP contribution in [0.15, 0.2) is 91.3 Å². The second kappa shape index (κ2) is 8.35. The van der Waals surface area contributed by atoms with Crippen LogP contribution < -0.4 is 10.2 Å². The van der Waals surface area contributed by atoms with Crippen LogP contribution in [0.5, 0.6) is 0 Å². The van der Waals surface area contributed by atoms with Gasteiger partial charge in [0, 0.05) is 28.8 Å². The Balaban J connectivity index is 1.68. The highest BCUT2D eigenvalue weighted by atomic mass is 35.5. The lowest BCUT2D eigenvalue weighted by atomic mass is 10.0. The molecule has 0 spiro atoms. The van der Waals surface area contributed by atoms with Crippen molar-refractivity contribution in [3.63, 3.8) is 0 Å². The number of rotatable bonds is 4. The first-order valence-electron chi connectivity index (χ1n) is 9.82. The molecule has 1 saturated heterocycles. The molecular weight excluding hydrogens is 447 g/mol. The molecule has 1 aliphatic rings. The maximum Gasteiger partial charge on any atom is 0.174 e. The van der Waals surface area contributed by atoms with Gasteiger partial charge in [-0.1, -0.05) is 47.5 Å². The quantitative estimate of drug-likeness (QED) is 0.356. The zero-order chi connectivity index (χ0) is 21.4. The van der Waals surface area contributed by atoms with Crippen LogP contribution in [0.2, 0.25) is 10.0 Å². The molecule has 2 atom stereocenters. The molecule has 5 rings (SSSR count). The number of benzene rings is 2. The first kappa shape index (κ1) is 20.1. The van der Waals surface area contributed by atoms with Crippen molar-refractivity contribution in [3.8, 4) is 5.69 Å². The first-order valence-corrected chi connectivity index (χ1v) is 11.0. The van der Waals surface area contributed by atoms with E-state index in [1.54, 1.807) is 12.3 Å². The monoisotopic (exact) mass is 464 g/mol. The molecule has 0 amide bonds. The minimum absolute atomic E-state index is 0.131. The zero-order valence-corrected chi connectivity index (χ0v) is 18.6. The summed E-state index contributed by atoms with van der Waals surface area (Å²) in [5.41, 5.74) is 3.83. The summed E-state index contributed by atoms with van der Waals surface area (Å²) >= 11 is 18.5. The third kappa shape index (κ3) is 3.69. The fourth-order valence-corrected chi connectivity index (χ4v) is 4.90. The molecule has 31 heavy (non-hydrogen) atoms. The molecule has 2 aromatic heterocycles. The Morgan fingerprint density at radius 3 is 2.45 bits per heavy atom. The van der Waals surface area contributed by atoms with E-state index in [9.17, 15) is 0 Å². The summed E-state index contributed by atoms with van der Waals surface area (Å²) in [5.74, 6) is 0. The molecule has 2 aromatic carbocycles. The average molecular weight is 465 g/mol. The highest BCUT2D eigenvalue weighted by Crippen LogP contribution is 2.42. The minimum atomic E-state index is -0.133. The molecule has 1 fully saturated rings. The van der Waals surface area contributed by atoms with Gasteiger partial charge in [-0.15, -0.1) is 0 Å². The van der Waals surface area contributed by atoms with Crippen molar-refractivity contribution in [1.29, 1.82) is 0 Å². The summed E-state index contributed by atoms with van der Waals surface area (Å²) in [6.07, 6.45) is 3.81. The average Bonchev–Trinajstić information content (AvgIpc) is 3.39. The van der Waals surface area contributed by atoms with Gasteiger partial charge in [0.25, 0.3) is 0 Å². The van der Waals surface area contributed by atoms with Crippen LogP contribution in [-0.2, 0) is 0 Å². The van der Waals surface area contributed by atoms with E-state index in [0.29, 0.717) is 15.2 Å². The number of hydrogen-bond donors (Lipinski definition) is 1. The summed E-state index contributed by atoms with van der Waals surface area (Å²) in [7, 11) is 0. The Morgan fingerprint density at radius 2 is 1.71 bits per heavy atom. The molecule has 7 heteroatoms. The van der Waals surface area contributed by atoms with Gasteiger partial charge in [0.15, 0.2) is 5.11 Å². The number of hydrogen-bond acceptors (Lipinski definition) is 2. The number of nitrogens with one attached hydrogen (secondary N) is 1. The van der Waals surface area contributed by atoms with Crippen molar-refractivity contribution in [1.82, 2.24) is 14.9 Å². The highest BCUT2D eigenvalue weighted by Gasteiger charge is 2.42. The summed E-state index contributed by atoms with van der Waals surface area (Å²) in [6, 6.07) is 25.4. The predicted octanol–water partition coefficient (Wildman–Crippen LogP) is 6.36. The van der Waals surface area contributed by atoms with Crippen LogP contribution in [0, 0.1) is 0 Å². The van der Waals surface area contributed by atoms with Crippen molar-refractivity contribution >= 4 is 46.2 Å². The summed E-state index contributed by atoms with van der Waals surface area (Å²) in [4.78, 5) is 6.76. The van der Waals surface area contributed by atoms with E-state index in [1.165, 1.54) is 0 Å². The Kier molecular flexibility index (Phi) is 5.40. The van der Waals surface area contributed by atoms with Gasteiger partial charge in [-0.3, -0.25) is 4.98 Å². The van der Waals surface area contributed by atoms with Crippen LogP contribution in [0.1, 0.15) is 23.5 Å². The first-order chi connectivity index (χ1) is 15.1. The Hall–Kier alpha value is -2.86. The molecule has 1 aliphatic heterocycles. The number of halogens is 2. The zero-order valence-electron chi connectivity index (χ0n) is 16.3. The summed E-state index contributed by atoms with van der Waals surface area (Å²) in [6.45, 7) is 0. The van der Waals surface area contributed by atoms with Crippen molar-refractivity contribution in [2.45, 2.75) is 12.1 Å². The molecular formula is C24H18Cl2N4S. The van der Waals surface area contributed by atoms with Crippen molar-refractivity contribution in [3.05, 3.63) is 113 Å². The van der Waals surface area contributed by atoms with Gasteiger partial charge in [-0.25, -0.2) is 0 Å². The second-order valence-corrected chi connectivity index (χ2v) is 8.46. The second-order valence-electron chi connectivity index (χ2n) is 7.23. The standard InChI is InChI=1S/C24H18Cl2N4S/c25-16-11-12-20(18(26)15-16)29-14-6-10-21(29)23-22(19-9-4-5-13-27-19)28-24(31)30(23)17-7-2-1-3-8-17/h1-15,22-23H,(H,28,31)/t22-,23-/m0/s1. The van der Waals surface area contributed by atoms with E-state index in [1.807, 2.05) is 60.8 Å². The van der Waals surface area contributed by atoms with Gasteiger partial charge in [0.05, 0.1) is 22.4 Å². The van der Waals surface area contributed by atoms with Crippen LogP contribution in [-0.4, -0.2) is 14.7 Å². The maximum absolute atomic E-state index is 6.56. The third-order valence-corrected chi connectivity index (χ3v) is 6.24. The number of pyridine rings is 1. The van der Waals surface area contributed by atoms with Crippen LogP contribution in [0.4, 0.5) is 5.69 Å². The number of para-hydroxylation sites is 1.